The first-order valence-corrected chi connectivity index (χ1v) is 15.4. The van der Waals surface area contributed by atoms with E-state index in [1.165, 1.54) is 36.5 Å². The summed E-state index contributed by atoms with van der Waals surface area (Å²) < 4.78 is 69.1. The second kappa shape index (κ2) is 14.2. The predicted octanol–water partition coefficient (Wildman–Crippen LogP) is 7.77. The molecule has 0 saturated carbocycles. The quantitative estimate of drug-likeness (QED) is 0.140. The first-order valence-electron chi connectivity index (χ1n) is 15.4. The van der Waals surface area contributed by atoms with Gasteiger partial charge in [-0.2, -0.15) is 13.2 Å². The lowest BCUT2D eigenvalue weighted by atomic mass is 10.0. The van der Waals surface area contributed by atoms with Crippen LogP contribution in [0.15, 0.2) is 120 Å². The summed E-state index contributed by atoms with van der Waals surface area (Å²) in [5.41, 5.74) is 2.57. The number of benzene rings is 3. The van der Waals surface area contributed by atoms with E-state index in [-0.39, 0.29) is 55.0 Å². The Labute approximate surface area is 278 Å². The molecule has 0 atom stereocenters. The van der Waals surface area contributed by atoms with Crippen LogP contribution in [0.4, 0.5) is 22.0 Å². The van der Waals surface area contributed by atoms with Gasteiger partial charge in [0.2, 0.25) is 5.91 Å². The molecule has 0 N–H and O–H groups in total. The molecule has 0 aliphatic rings. The van der Waals surface area contributed by atoms with Gasteiger partial charge in [0.05, 0.1) is 23.2 Å². The van der Waals surface area contributed by atoms with Gasteiger partial charge in [-0.05, 0) is 77.6 Å². The maximum absolute atomic E-state index is 14.5. The number of aromatic nitrogens is 3. The number of carbonyl (C=O) groups excluding carboxylic acids is 1. The van der Waals surface area contributed by atoms with Crippen molar-refractivity contribution >= 4 is 16.9 Å². The maximum Gasteiger partial charge on any atom is 0.416 e. The molecule has 3 heterocycles. The molecule has 0 saturated heterocycles. The van der Waals surface area contributed by atoms with Crippen LogP contribution in [0.5, 0.6) is 0 Å². The van der Waals surface area contributed by atoms with Crippen molar-refractivity contribution in [2.75, 3.05) is 0 Å². The van der Waals surface area contributed by atoms with Crippen molar-refractivity contribution in [3.63, 3.8) is 0 Å². The number of hydrogen-bond acceptors (Lipinski definition) is 4. The van der Waals surface area contributed by atoms with E-state index >= 15 is 0 Å². The summed E-state index contributed by atoms with van der Waals surface area (Å²) >= 11 is 0. The predicted molar refractivity (Wildman–Crippen MR) is 175 cm³/mol. The highest BCUT2D eigenvalue weighted by molar-refractivity contribution is 5.80. The van der Waals surface area contributed by atoms with Crippen molar-refractivity contribution in [1.82, 2.24) is 19.4 Å². The molecule has 6 aromatic rings. The fourth-order valence-electron chi connectivity index (χ4n) is 5.66. The smallest absolute Gasteiger partial charge is 0.331 e. The second-order valence-electron chi connectivity index (χ2n) is 11.5. The standard InChI is InChI=1S/C38H29F5N4O2/c39-33-8-3-5-28(36(33)40)15-18-31-21-34(48)32-7-4-20-45-37(32)47(31)24-35(49)46(23-30-6-1-2-19-44-30)22-25-9-11-26(12-10-25)27-13-16-29(17-14-27)38(41,42)43/h1-14,16-17,19-21H,15,18,22-24H2. The van der Waals surface area contributed by atoms with Crippen molar-refractivity contribution < 1.29 is 26.7 Å². The van der Waals surface area contributed by atoms with E-state index in [0.29, 0.717) is 27.9 Å². The van der Waals surface area contributed by atoms with E-state index in [4.69, 9.17) is 0 Å². The first-order chi connectivity index (χ1) is 23.6. The van der Waals surface area contributed by atoms with Crippen LogP contribution in [0.1, 0.15) is 28.1 Å². The highest BCUT2D eigenvalue weighted by atomic mass is 19.4. The molecule has 0 fully saturated rings. The Hall–Kier alpha value is -5.71. The van der Waals surface area contributed by atoms with Crippen LogP contribution < -0.4 is 5.43 Å². The molecule has 0 spiro atoms. The maximum atomic E-state index is 14.5. The van der Waals surface area contributed by atoms with Gasteiger partial charge in [0.25, 0.3) is 0 Å². The third-order valence-corrected chi connectivity index (χ3v) is 8.23. The van der Waals surface area contributed by atoms with Crippen LogP contribution in [0, 0.1) is 11.6 Å². The zero-order valence-electron chi connectivity index (χ0n) is 26.0. The molecule has 0 radical (unpaired) electrons. The Morgan fingerprint density at radius 2 is 1.47 bits per heavy atom. The molecule has 49 heavy (non-hydrogen) atoms. The number of aryl methyl sites for hydroxylation is 2. The second-order valence-corrected chi connectivity index (χ2v) is 11.5. The molecule has 3 aromatic carbocycles. The summed E-state index contributed by atoms with van der Waals surface area (Å²) in [5, 5.41) is 0.311. The molecule has 0 bridgehead atoms. The molecule has 0 aliphatic carbocycles. The number of carbonyl (C=O) groups is 1. The number of fused-ring (bicyclic) bond motifs is 1. The number of pyridine rings is 3. The summed E-state index contributed by atoms with van der Waals surface area (Å²) in [6, 6.07) is 26.0. The van der Waals surface area contributed by atoms with E-state index in [9.17, 15) is 31.5 Å². The van der Waals surface area contributed by atoms with Gasteiger partial charge < -0.3 is 9.47 Å². The van der Waals surface area contributed by atoms with Crippen molar-refractivity contribution in [1.29, 1.82) is 0 Å². The minimum atomic E-state index is -4.43. The molecule has 1 amide bonds. The molecule has 0 aliphatic heterocycles. The first kappa shape index (κ1) is 33.2. The largest absolute Gasteiger partial charge is 0.416 e. The number of amides is 1. The SMILES string of the molecule is O=C(Cn1c(CCc2cccc(F)c2F)cc(=O)c2cccnc21)N(Cc1ccc(-c2ccc(C(F)(F)F)cc2)cc1)Cc1ccccn1. The van der Waals surface area contributed by atoms with Crippen LogP contribution in [0.3, 0.4) is 0 Å². The Bertz CT molecular complexity index is 2150. The van der Waals surface area contributed by atoms with Crippen molar-refractivity contribution in [3.8, 4) is 11.1 Å². The summed E-state index contributed by atoms with van der Waals surface area (Å²) in [4.78, 5) is 37.6. The van der Waals surface area contributed by atoms with Crippen LogP contribution in [0.2, 0.25) is 0 Å². The van der Waals surface area contributed by atoms with Gasteiger partial charge in [0, 0.05) is 30.7 Å². The Morgan fingerprint density at radius 3 is 2.16 bits per heavy atom. The lowest BCUT2D eigenvalue weighted by Crippen LogP contribution is -2.34. The van der Waals surface area contributed by atoms with Crippen molar-refractivity contribution in [3.05, 3.63) is 165 Å². The highest BCUT2D eigenvalue weighted by Crippen LogP contribution is 2.31. The molecule has 0 unspecified atom stereocenters. The van der Waals surface area contributed by atoms with E-state index in [1.807, 2.05) is 6.07 Å². The van der Waals surface area contributed by atoms with E-state index in [1.54, 1.807) is 64.2 Å². The van der Waals surface area contributed by atoms with Crippen LogP contribution in [-0.2, 0) is 43.4 Å². The van der Waals surface area contributed by atoms with Gasteiger partial charge in [-0.25, -0.2) is 13.8 Å². The van der Waals surface area contributed by atoms with Gasteiger partial charge in [-0.3, -0.25) is 14.6 Å². The lowest BCUT2D eigenvalue weighted by Gasteiger charge is -2.25. The Balaban J connectivity index is 1.29. The fourth-order valence-corrected chi connectivity index (χ4v) is 5.66. The molecule has 6 rings (SSSR count). The van der Waals surface area contributed by atoms with Gasteiger partial charge in [-0.1, -0.05) is 54.6 Å². The van der Waals surface area contributed by atoms with Crippen LogP contribution >= 0.6 is 0 Å². The van der Waals surface area contributed by atoms with E-state index in [0.717, 1.165) is 23.8 Å². The lowest BCUT2D eigenvalue weighted by molar-refractivity contribution is -0.137. The van der Waals surface area contributed by atoms with E-state index in [2.05, 4.69) is 9.97 Å². The summed E-state index contributed by atoms with van der Waals surface area (Å²) in [6.07, 6.45) is -1.06. The number of halogens is 5. The van der Waals surface area contributed by atoms with Gasteiger partial charge in [0.1, 0.15) is 12.2 Å². The van der Waals surface area contributed by atoms with Gasteiger partial charge in [-0.15, -0.1) is 0 Å². The zero-order chi connectivity index (χ0) is 34.5. The molecule has 11 heteroatoms. The minimum Gasteiger partial charge on any atom is -0.331 e. The van der Waals surface area contributed by atoms with Gasteiger partial charge in [0.15, 0.2) is 17.1 Å². The van der Waals surface area contributed by atoms with Crippen molar-refractivity contribution in [2.24, 2.45) is 0 Å². The Kier molecular flexibility index (Phi) is 9.61. The Morgan fingerprint density at radius 1 is 0.755 bits per heavy atom. The van der Waals surface area contributed by atoms with Gasteiger partial charge >= 0.3 is 6.18 Å². The minimum absolute atomic E-state index is 0.0818. The molecule has 6 nitrogen and oxygen atoms in total. The summed E-state index contributed by atoms with van der Waals surface area (Å²) in [7, 11) is 0. The number of alkyl halides is 3. The van der Waals surface area contributed by atoms with Crippen molar-refractivity contribution in [2.45, 2.75) is 38.7 Å². The highest BCUT2D eigenvalue weighted by Gasteiger charge is 2.30. The average Bonchev–Trinajstić information content (AvgIpc) is 3.10. The molecular formula is C38H29F5N4O2. The summed E-state index contributed by atoms with van der Waals surface area (Å²) in [6.45, 7) is 0.138. The average molecular weight is 669 g/mol. The zero-order valence-corrected chi connectivity index (χ0v) is 26.0. The van der Waals surface area contributed by atoms with E-state index < -0.39 is 23.4 Å². The monoisotopic (exact) mass is 668 g/mol. The number of nitrogens with zero attached hydrogens (tertiary/aromatic N) is 4. The number of rotatable bonds is 10. The molecular weight excluding hydrogens is 639 g/mol. The normalized spacial score (nSPS) is 11.5. The molecule has 3 aromatic heterocycles. The molecule has 248 valence electrons. The van der Waals surface area contributed by atoms with Crippen LogP contribution in [-0.4, -0.2) is 25.3 Å². The van der Waals surface area contributed by atoms with Crippen LogP contribution in [0.25, 0.3) is 22.2 Å². The third-order valence-electron chi connectivity index (χ3n) is 8.23. The fraction of sp³-hybridized carbons (Fsp3) is 0.158. The third kappa shape index (κ3) is 7.72. The summed E-state index contributed by atoms with van der Waals surface area (Å²) in [5.74, 6) is -2.24. The number of hydrogen-bond donors (Lipinski definition) is 0. The topological polar surface area (TPSA) is 68.1 Å².